The van der Waals surface area contributed by atoms with Crippen molar-refractivity contribution in [1.29, 1.82) is 0 Å². The number of hydrogen-bond donors (Lipinski definition) is 0. The summed E-state index contributed by atoms with van der Waals surface area (Å²) in [5.74, 6) is 0.651. The number of anilines is 1. The lowest BCUT2D eigenvalue weighted by atomic mass is 10.1. The molecule has 0 N–H and O–H groups in total. The van der Waals surface area contributed by atoms with Gasteiger partial charge in [0.05, 0.1) is 17.6 Å². The van der Waals surface area contributed by atoms with Gasteiger partial charge in [0.15, 0.2) is 0 Å². The van der Waals surface area contributed by atoms with Crippen LogP contribution in [0.5, 0.6) is 0 Å². The van der Waals surface area contributed by atoms with Crippen molar-refractivity contribution in [1.82, 2.24) is 9.55 Å². The average molecular weight is 385 g/mol. The lowest BCUT2D eigenvalue weighted by Crippen LogP contribution is -2.24. The number of amides is 1. The molecule has 0 radical (unpaired) electrons. The van der Waals surface area contributed by atoms with E-state index in [9.17, 15) is 9.18 Å². The monoisotopic (exact) mass is 385 g/mol. The van der Waals surface area contributed by atoms with Crippen LogP contribution in [0.2, 0.25) is 0 Å². The minimum atomic E-state index is -0.232. The third kappa shape index (κ3) is 3.18. The molecule has 1 amide bonds. The van der Waals surface area contributed by atoms with E-state index in [1.54, 1.807) is 12.1 Å². The summed E-state index contributed by atoms with van der Waals surface area (Å²) in [5.41, 5.74) is 3.33. The Kier molecular flexibility index (Phi) is 4.35. The third-order valence-electron chi connectivity index (χ3n) is 5.53. The number of imidazole rings is 1. The van der Waals surface area contributed by atoms with E-state index >= 15 is 0 Å². The number of halogens is 1. The quantitative estimate of drug-likeness (QED) is 0.509. The Morgan fingerprint density at radius 2 is 1.66 bits per heavy atom. The molecule has 1 saturated heterocycles. The van der Waals surface area contributed by atoms with Gasteiger partial charge in [-0.05, 0) is 30.3 Å². The highest BCUT2D eigenvalue weighted by Crippen LogP contribution is 2.33. The largest absolute Gasteiger partial charge is 0.323 e. The van der Waals surface area contributed by atoms with Gasteiger partial charge in [-0.1, -0.05) is 48.5 Å². The Labute approximate surface area is 168 Å². The van der Waals surface area contributed by atoms with Gasteiger partial charge in [-0.3, -0.25) is 4.79 Å². The highest BCUT2D eigenvalue weighted by atomic mass is 19.1. The second kappa shape index (κ2) is 7.17. The maximum absolute atomic E-state index is 14.3. The highest BCUT2D eigenvalue weighted by molar-refractivity contribution is 5.96. The summed E-state index contributed by atoms with van der Waals surface area (Å²) in [4.78, 5) is 19.4. The summed E-state index contributed by atoms with van der Waals surface area (Å²) in [6, 6.07) is 24.4. The van der Waals surface area contributed by atoms with Crippen molar-refractivity contribution in [3.63, 3.8) is 0 Å². The Hall–Kier alpha value is -3.47. The predicted octanol–water partition coefficient (Wildman–Crippen LogP) is 4.74. The summed E-state index contributed by atoms with van der Waals surface area (Å²) < 4.78 is 16.4. The van der Waals surface area contributed by atoms with Gasteiger partial charge < -0.3 is 9.47 Å². The third-order valence-corrected chi connectivity index (χ3v) is 5.53. The molecule has 29 heavy (non-hydrogen) atoms. The SMILES string of the molecule is O=C1CC(c2nc3ccccc3n2Cc2ccccc2F)CN1c1ccccc1. The van der Waals surface area contributed by atoms with Crippen molar-refractivity contribution in [2.75, 3.05) is 11.4 Å². The van der Waals surface area contributed by atoms with Crippen molar-refractivity contribution in [2.24, 2.45) is 0 Å². The molecule has 0 spiro atoms. The number of carbonyl (C=O) groups excluding carboxylic acids is 1. The molecule has 5 rings (SSSR count). The van der Waals surface area contributed by atoms with Gasteiger partial charge >= 0.3 is 0 Å². The van der Waals surface area contributed by atoms with E-state index in [0.29, 0.717) is 25.1 Å². The fourth-order valence-electron chi connectivity index (χ4n) is 4.11. The van der Waals surface area contributed by atoms with Crippen molar-refractivity contribution in [3.8, 4) is 0 Å². The first-order valence-electron chi connectivity index (χ1n) is 9.74. The van der Waals surface area contributed by atoms with Crippen LogP contribution in [0, 0.1) is 5.82 Å². The molecule has 4 nitrogen and oxygen atoms in total. The van der Waals surface area contributed by atoms with Gasteiger partial charge in [0.2, 0.25) is 5.91 Å². The summed E-state index contributed by atoms with van der Waals surface area (Å²) in [6.45, 7) is 0.960. The molecular formula is C24H20FN3O. The average Bonchev–Trinajstić information content (AvgIpc) is 3.31. The van der Waals surface area contributed by atoms with Gasteiger partial charge in [0, 0.05) is 30.1 Å². The normalized spacial score (nSPS) is 16.7. The number of carbonyl (C=O) groups is 1. The molecule has 0 bridgehead atoms. The van der Waals surface area contributed by atoms with Crippen LogP contribution < -0.4 is 4.90 Å². The van der Waals surface area contributed by atoms with Gasteiger partial charge in [0.1, 0.15) is 11.6 Å². The van der Waals surface area contributed by atoms with Crippen molar-refractivity contribution < 1.29 is 9.18 Å². The molecule has 144 valence electrons. The van der Waals surface area contributed by atoms with Gasteiger partial charge in [0.25, 0.3) is 0 Å². The number of benzene rings is 3. The molecule has 1 aromatic heterocycles. The van der Waals surface area contributed by atoms with E-state index in [1.165, 1.54) is 6.07 Å². The second-order valence-electron chi connectivity index (χ2n) is 7.38. The van der Waals surface area contributed by atoms with Gasteiger partial charge in [-0.25, -0.2) is 9.37 Å². The Bertz CT molecular complexity index is 1190. The summed E-state index contributed by atoms with van der Waals surface area (Å²) in [6.07, 6.45) is 0.398. The zero-order valence-electron chi connectivity index (χ0n) is 15.8. The highest BCUT2D eigenvalue weighted by Gasteiger charge is 2.34. The first kappa shape index (κ1) is 17.6. The second-order valence-corrected chi connectivity index (χ2v) is 7.38. The molecule has 1 atom stereocenters. The predicted molar refractivity (Wildman–Crippen MR) is 111 cm³/mol. The molecule has 1 unspecified atom stereocenters. The van der Waals surface area contributed by atoms with Crippen LogP contribution in [0.1, 0.15) is 23.7 Å². The molecule has 0 saturated carbocycles. The van der Waals surface area contributed by atoms with E-state index in [0.717, 1.165) is 22.5 Å². The van der Waals surface area contributed by atoms with E-state index < -0.39 is 0 Å². The molecule has 1 aliphatic heterocycles. The molecule has 5 heteroatoms. The standard InChI is InChI=1S/C24H20FN3O/c25-20-11-5-4-8-17(20)15-28-22-13-7-6-12-21(22)26-24(28)18-14-23(29)27(16-18)19-9-2-1-3-10-19/h1-13,18H,14-16H2. The Balaban J connectivity index is 1.55. The number of para-hydroxylation sites is 3. The lowest BCUT2D eigenvalue weighted by molar-refractivity contribution is -0.117. The van der Waals surface area contributed by atoms with Crippen LogP contribution in [-0.2, 0) is 11.3 Å². The number of rotatable bonds is 4. The summed E-state index contributed by atoms with van der Waals surface area (Å²) in [7, 11) is 0. The summed E-state index contributed by atoms with van der Waals surface area (Å²) >= 11 is 0. The molecule has 4 aromatic rings. The lowest BCUT2D eigenvalue weighted by Gasteiger charge is -2.17. The van der Waals surface area contributed by atoms with Crippen molar-refractivity contribution in [2.45, 2.75) is 18.9 Å². The first-order chi connectivity index (χ1) is 14.2. The minimum Gasteiger partial charge on any atom is -0.323 e. The maximum Gasteiger partial charge on any atom is 0.227 e. The minimum absolute atomic E-state index is 0.0399. The van der Waals surface area contributed by atoms with Crippen LogP contribution >= 0.6 is 0 Å². The number of aromatic nitrogens is 2. The Morgan fingerprint density at radius 1 is 0.931 bits per heavy atom. The van der Waals surface area contributed by atoms with Crippen LogP contribution in [-0.4, -0.2) is 22.0 Å². The summed E-state index contributed by atoms with van der Waals surface area (Å²) in [5, 5.41) is 0. The van der Waals surface area contributed by atoms with Crippen LogP contribution in [0.25, 0.3) is 11.0 Å². The molecule has 3 aromatic carbocycles. The Morgan fingerprint density at radius 3 is 2.48 bits per heavy atom. The van der Waals surface area contributed by atoms with Crippen molar-refractivity contribution in [3.05, 3.63) is 96.1 Å². The van der Waals surface area contributed by atoms with E-state index in [1.807, 2.05) is 65.6 Å². The van der Waals surface area contributed by atoms with Crippen LogP contribution in [0.3, 0.4) is 0 Å². The fraction of sp³-hybridized carbons (Fsp3) is 0.167. The molecular weight excluding hydrogens is 365 g/mol. The van der Waals surface area contributed by atoms with E-state index in [-0.39, 0.29) is 17.6 Å². The number of nitrogens with zero attached hydrogens (tertiary/aromatic N) is 3. The van der Waals surface area contributed by atoms with E-state index in [4.69, 9.17) is 4.98 Å². The maximum atomic E-state index is 14.3. The first-order valence-corrected chi connectivity index (χ1v) is 9.74. The van der Waals surface area contributed by atoms with Crippen LogP contribution in [0.4, 0.5) is 10.1 Å². The zero-order chi connectivity index (χ0) is 19.8. The van der Waals surface area contributed by atoms with Crippen LogP contribution in [0.15, 0.2) is 78.9 Å². The molecule has 2 heterocycles. The fourth-order valence-corrected chi connectivity index (χ4v) is 4.11. The van der Waals surface area contributed by atoms with Crippen molar-refractivity contribution >= 4 is 22.6 Å². The number of fused-ring (bicyclic) bond motifs is 1. The molecule has 0 aliphatic carbocycles. The van der Waals surface area contributed by atoms with Gasteiger partial charge in [-0.15, -0.1) is 0 Å². The van der Waals surface area contributed by atoms with E-state index in [2.05, 4.69) is 4.57 Å². The number of hydrogen-bond acceptors (Lipinski definition) is 2. The smallest absolute Gasteiger partial charge is 0.227 e. The van der Waals surface area contributed by atoms with Gasteiger partial charge in [-0.2, -0.15) is 0 Å². The molecule has 1 fully saturated rings. The topological polar surface area (TPSA) is 38.1 Å². The molecule has 1 aliphatic rings. The zero-order valence-corrected chi connectivity index (χ0v) is 15.8.